The van der Waals surface area contributed by atoms with E-state index < -0.39 is 0 Å². The van der Waals surface area contributed by atoms with Crippen molar-refractivity contribution in [1.82, 2.24) is 4.90 Å². The van der Waals surface area contributed by atoms with E-state index in [1.54, 1.807) is 0 Å². The smallest absolute Gasteiger partial charge is 0.00187 e. The molecule has 1 nitrogen and oxygen atoms in total. The minimum absolute atomic E-state index is 1.18. The van der Waals surface area contributed by atoms with Gasteiger partial charge in [-0.1, -0.05) is 44.8 Å². The van der Waals surface area contributed by atoms with E-state index in [1.807, 2.05) is 12.2 Å². The Kier molecular flexibility index (Phi) is 16.0. The molecule has 0 aliphatic rings. The van der Waals surface area contributed by atoms with E-state index in [0.717, 1.165) is 0 Å². The normalized spacial score (nSPS) is 10.9. The Morgan fingerprint density at radius 1 is 0.650 bits per heavy atom. The summed E-state index contributed by atoms with van der Waals surface area (Å²) in [4.78, 5) is 2.67. The molecule has 0 fully saturated rings. The van der Waals surface area contributed by atoms with E-state index >= 15 is 0 Å². The number of nitrogens with zero attached hydrogens (tertiary/aromatic N) is 1. The molecule has 0 aromatic heterocycles. The molecule has 0 aliphatic carbocycles. The minimum atomic E-state index is 1.18. The van der Waals surface area contributed by atoms with Crippen LogP contribution >= 0.6 is 0 Å². The molecular weight excluding hydrogens is 242 g/mol. The Morgan fingerprint density at radius 2 is 1.10 bits per heavy atom. The molecule has 0 N–H and O–H groups in total. The molecule has 1 heteroatoms. The first-order valence-electron chi connectivity index (χ1n) is 8.79. The van der Waals surface area contributed by atoms with Gasteiger partial charge < -0.3 is 4.90 Å². The number of allylic oxidation sites excluding steroid dienone is 2. The van der Waals surface area contributed by atoms with Crippen LogP contribution < -0.4 is 0 Å². The Labute approximate surface area is 128 Å². The van der Waals surface area contributed by atoms with Gasteiger partial charge in [0.05, 0.1) is 0 Å². The van der Waals surface area contributed by atoms with Gasteiger partial charge in [0.1, 0.15) is 0 Å². The Balaban J connectivity index is 3.49. The average Bonchev–Trinajstić information content (AvgIpc) is 2.46. The molecule has 118 valence electrons. The zero-order chi connectivity index (χ0) is 14.9. The zero-order valence-electron chi connectivity index (χ0n) is 13.9. The topological polar surface area (TPSA) is 3.24 Å². The van der Waals surface area contributed by atoms with Gasteiger partial charge >= 0.3 is 0 Å². The van der Waals surface area contributed by atoms with Gasteiger partial charge in [-0.3, -0.25) is 0 Å². The summed E-state index contributed by atoms with van der Waals surface area (Å²) in [6.45, 7) is 13.7. The van der Waals surface area contributed by atoms with Crippen LogP contribution in [0.4, 0.5) is 0 Å². The third-order valence-corrected chi connectivity index (χ3v) is 3.81. The van der Waals surface area contributed by atoms with Crippen LogP contribution in [0.2, 0.25) is 0 Å². The number of hydrogen-bond donors (Lipinski definition) is 0. The second kappa shape index (κ2) is 16.5. The van der Waals surface area contributed by atoms with Crippen LogP contribution in [0.25, 0.3) is 0 Å². The summed E-state index contributed by atoms with van der Waals surface area (Å²) < 4.78 is 0. The summed E-state index contributed by atoms with van der Waals surface area (Å²) in [7, 11) is 0. The Hall–Kier alpha value is -0.560. The first-order valence-corrected chi connectivity index (χ1v) is 8.79. The van der Waals surface area contributed by atoms with Crippen molar-refractivity contribution in [3.8, 4) is 0 Å². The number of rotatable bonds is 16. The van der Waals surface area contributed by atoms with Crippen LogP contribution in [0.3, 0.4) is 0 Å². The van der Waals surface area contributed by atoms with E-state index in [1.165, 1.54) is 90.3 Å². The largest absolute Gasteiger partial charge is 0.303 e. The lowest BCUT2D eigenvalue weighted by molar-refractivity contribution is 0.261. The highest BCUT2D eigenvalue weighted by molar-refractivity contribution is 4.66. The molecule has 20 heavy (non-hydrogen) atoms. The number of unbranched alkanes of at least 4 members (excludes halogenated alkanes) is 8. The fourth-order valence-electron chi connectivity index (χ4n) is 2.61. The van der Waals surface area contributed by atoms with Gasteiger partial charge in [-0.15, -0.1) is 13.2 Å². The predicted molar refractivity (Wildman–Crippen MR) is 93.3 cm³/mol. The molecule has 0 saturated heterocycles. The first-order chi connectivity index (χ1) is 9.85. The van der Waals surface area contributed by atoms with Crippen LogP contribution in [-0.4, -0.2) is 24.5 Å². The van der Waals surface area contributed by atoms with E-state index in [0.29, 0.717) is 0 Å². The summed E-state index contributed by atoms with van der Waals surface area (Å²) in [6.07, 6.45) is 18.6. The number of hydrogen-bond acceptors (Lipinski definition) is 1. The van der Waals surface area contributed by atoms with Gasteiger partial charge in [0.25, 0.3) is 0 Å². The van der Waals surface area contributed by atoms with E-state index in [4.69, 9.17) is 0 Å². The van der Waals surface area contributed by atoms with Gasteiger partial charge in [0.15, 0.2) is 0 Å². The molecule has 0 spiro atoms. The van der Waals surface area contributed by atoms with Gasteiger partial charge in [-0.05, 0) is 64.6 Å². The van der Waals surface area contributed by atoms with Crippen molar-refractivity contribution >= 4 is 0 Å². The SMILES string of the molecule is C=CCCCCCCN(CCC)CCCCCCC=C. The lowest BCUT2D eigenvalue weighted by atomic mass is 10.1. The molecule has 0 saturated carbocycles. The average molecular weight is 280 g/mol. The predicted octanol–water partition coefficient (Wildman–Crippen LogP) is 5.97. The molecule has 0 aliphatic heterocycles. The van der Waals surface area contributed by atoms with Crippen molar-refractivity contribution in [2.24, 2.45) is 0 Å². The molecule has 0 aromatic carbocycles. The standard InChI is InChI=1S/C19H37N/c1-4-7-9-11-13-15-18-20(17-6-3)19-16-14-12-10-8-5-2/h4-5H,1-2,6-19H2,3H3. The Morgan fingerprint density at radius 3 is 1.50 bits per heavy atom. The molecule has 0 heterocycles. The molecule has 0 aromatic rings. The van der Waals surface area contributed by atoms with Crippen molar-refractivity contribution in [2.45, 2.75) is 77.6 Å². The first kappa shape index (κ1) is 19.4. The summed E-state index contributed by atoms with van der Waals surface area (Å²) in [5, 5.41) is 0. The van der Waals surface area contributed by atoms with Crippen LogP contribution in [0.1, 0.15) is 77.6 Å². The fraction of sp³-hybridized carbons (Fsp3) is 0.789. The third kappa shape index (κ3) is 13.9. The summed E-state index contributed by atoms with van der Waals surface area (Å²) in [6, 6.07) is 0. The summed E-state index contributed by atoms with van der Waals surface area (Å²) >= 11 is 0. The van der Waals surface area contributed by atoms with Crippen LogP contribution in [0.15, 0.2) is 25.3 Å². The Bertz CT molecular complexity index is 190. The quantitative estimate of drug-likeness (QED) is 0.248. The molecular formula is C19H37N. The lowest BCUT2D eigenvalue weighted by Gasteiger charge is -2.21. The maximum atomic E-state index is 3.78. The highest BCUT2D eigenvalue weighted by Gasteiger charge is 2.03. The molecule has 0 amide bonds. The summed E-state index contributed by atoms with van der Waals surface area (Å²) in [5.41, 5.74) is 0. The maximum absolute atomic E-state index is 3.78. The van der Waals surface area contributed by atoms with Crippen LogP contribution in [-0.2, 0) is 0 Å². The van der Waals surface area contributed by atoms with Crippen LogP contribution in [0.5, 0.6) is 0 Å². The molecule has 0 bridgehead atoms. The minimum Gasteiger partial charge on any atom is -0.303 e. The maximum Gasteiger partial charge on any atom is -0.00187 e. The van der Waals surface area contributed by atoms with E-state index in [9.17, 15) is 0 Å². The van der Waals surface area contributed by atoms with Crippen molar-refractivity contribution < 1.29 is 0 Å². The van der Waals surface area contributed by atoms with Crippen molar-refractivity contribution in [3.05, 3.63) is 25.3 Å². The van der Waals surface area contributed by atoms with E-state index in [2.05, 4.69) is 25.0 Å². The lowest BCUT2D eigenvalue weighted by Crippen LogP contribution is -2.27. The zero-order valence-corrected chi connectivity index (χ0v) is 13.9. The molecule has 0 rings (SSSR count). The van der Waals surface area contributed by atoms with Gasteiger partial charge in [0.2, 0.25) is 0 Å². The third-order valence-electron chi connectivity index (χ3n) is 3.81. The second-order valence-corrected chi connectivity index (χ2v) is 5.82. The molecule has 0 atom stereocenters. The summed E-state index contributed by atoms with van der Waals surface area (Å²) in [5.74, 6) is 0. The van der Waals surface area contributed by atoms with Crippen molar-refractivity contribution in [2.75, 3.05) is 19.6 Å². The molecule has 0 unspecified atom stereocenters. The molecule has 0 radical (unpaired) electrons. The fourth-order valence-corrected chi connectivity index (χ4v) is 2.61. The second-order valence-electron chi connectivity index (χ2n) is 5.82. The van der Waals surface area contributed by atoms with Crippen molar-refractivity contribution in [1.29, 1.82) is 0 Å². The highest BCUT2D eigenvalue weighted by Crippen LogP contribution is 2.08. The van der Waals surface area contributed by atoms with Gasteiger partial charge in [-0.25, -0.2) is 0 Å². The van der Waals surface area contributed by atoms with E-state index in [-0.39, 0.29) is 0 Å². The van der Waals surface area contributed by atoms with Gasteiger partial charge in [-0.2, -0.15) is 0 Å². The highest BCUT2D eigenvalue weighted by atomic mass is 15.1. The van der Waals surface area contributed by atoms with Crippen LogP contribution in [0, 0.1) is 0 Å². The van der Waals surface area contributed by atoms with Crippen molar-refractivity contribution in [3.63, 3.8) is 0 Å². The monoisotopic (exact) mass is 279 g/mol. The van der Waals surface area contributed by atoms with Gasteiger partial charge in [0, 0.05) is 0 Å².